The summed E-state index contributed by atoms with van der Waals surface area (Å²) in [4.78, 5) is 23.8. The van der Waals surface area contributed by atoms with Gasteiger partial charge < -0.3 is 14.8 Å². The molecule has 0 fully saturated rings. The fourth-order valence-corrected chi connectivity index (χ4v) is 2.35. The third-order valence-electron chi connectivity index (χ3n) is 3.82. The van der Waals surface area contributed by atoms with Gasteiger partial charge in [0.1, 0.15) is 17.9 Å². The summed E-state index contributed by atoms with van der Waals surface area (Å²) in [7, 11) is 0. The lowest BCUT2D eigenvalue weighted by Crippen LogP contribution is -2.24. The molecule has 0 saturated carbocycles. The van der Waals surface area contributed by atoms with Crippen molar-refractivity contribution in [1.82, 2.24) is 5.43 Å². The number of nitrogens with zero attached hydrogens (tertiary/aromatic N) is 1. The van der Waals surface area contributed by atoms with Gasteiger partial charge in [0.15, 0.2) is 0 Å². The summed E-state index contributed by atoms with van der Waals surface area (Å²) < 4.78 is 10.9. The van der Waals surface area contributed by atoms with E-state index in [9.17, 15) is 9.59 Å². The molecule has 2 rings (SSSR count). The number of hydrogen-bond donors (Lipinski definition) is 2. The average molecular weight is 397 g/mol. The molecule has 0 unspecified atom stereocenters. The van der Waals surface area contributed by atoms with Crippen LogP contribution >= 0.6 is 0 Å². The Labute approximate surface area is 171 Å². The Hall–Kier alpha value is -3.35. The Morgan fingerprint density at radius 3 is 2.24 bits per heavy atom. The third-order valence-corrected chi connectivity index (χ3v) is 3.82. The van der Waals surface area contributed by atoms with Gasteiger partial charge in [-0.1, -0.05) is 13.3 Å². The monoisotopic (exact) mass is 397 g/mol. The summed E-state index contributed by atoms with van der Waals surface area (Å²) in [5.41, 5.74) is 3.75. The first-order chi connectivity index (χ1) is 14.1. The largest absolute Gasteiger partial charge is 0.494 e. The van der Waals surface area contributed by atoms with Crippen LogP contribution in [0.25, 0.3) is 0 Å². The SMILES string of the molecule is CCCCOc1ccc(C=NNC(=O)CC(=O)Nc2ccc(OCC)cc2)cc1. The van der Waals surface area contributed by atoms with E-state index in [2.05, 4.69) is 22.8 Å². The van der Waals surface area contributed by atoms with Crippen LogP contribution in [0, 0.1) is 0 Å². The molecule has 0 aliphatic rings. The molecule has 0 atom stereocenters. The standard InChI is InChI=1S/C22H27N3O4/c1-3-5-14-29-20-10-6-17(7-11-20)16-23-25-22(27)15-21(26)24-18-8-12-19(13-9-18)28-4-2/h6-13,16H,3-5,14-15H2,1-2H3,(H,24,26)(H,25,27). The van der Waals surface area contributed by atoms with Crippen molar-refractivity contribution in [3.8, 4) is 11.5 Å². The zero-order chi connectivity index (χ0) is 20.9. The minimum atomic E-state index is -0.496. The number of amides is 2. The normalized spacial score (nSPS) is 10.6. The molecule has 29 heavy (non-hydrogen) atoms. The van der Waals surface area contributed by atoms with Crippen LogP contribution in [0.5, 0.6) is 11.5 Å². The van der Waals surface area contributed by atoms with E-state index in [4.69, 9.17) is 9.47 Å². The van der Waals surface area contributed by atoms with E-state index in [1.165, 1.54) is 6.21 Å². The second kappa shape index (κ2) is 12.2. The molecule has 7 heteroatoms. The van der Waals surface area contributed by atoms with Gasteiger partial charge in [-0.15, -0.1) is 0 Å². The van der Waals surface area contributed by atoms with Crippen LogP contribution in [0.2, 0.25) is 0 Å². The van der Waals surface area contributed by atoms with Gasteiger partial charge in [-0.05, 0) is 67.4 Å². The zero-order valence-electron chi connectivity index (χ0n) is 16.8. The highest BCUT2D eigenvalue weighted by atomic mass is 16.5. The number of benzene rings is 2. The van der Waals surface area contributed by atoms with Crippen LogP contribution < -0.4 is 20.2 Å². The van der Waals surface area contributed by atoms with E-state index in [-0.39, 0.29) is 6.42 Å². The Kier molecular flexibility index (Phi) is 9.21. The van der Waals surface area contributed by atoms with Gasteiger partial charge in [0.05, 0.1) is 19.4 Å². The minimum absolute atomic E-state index is 0.325. The molecule has 7 nitrogen and oxygen atoms in total. The number of ether oxygens (including phenoxy) is 2. The number of rotatable bonds is 11. The van der Waals surface area contributed by atoms with Gasteiger partial charge in [-0.25, -0.2) is 5.43 Å². The van der Waals surface area contributed by atoms with Gasteiger partial charge >= 0.3 is 0 Å². The predicted octanol–water partition coefficient (Wildman–Crippen LogP) is 3.74. The Morgan fingerprint density at radius 2 is 1.59 bits per heavy atom. The summed E-state index contributed by atoms with van der Waals surface area (Å²) in [5.74, 6) is 0.600. The van der Waals surface area contributed by atoms with Crippen molar-refractivity contribution in [2.24, 2.45) is 5.10 Å². The molecule has 0 aliphatic carbocycles. The highest BCUT2D eigenvalue weighted by molar-refractivity contribution is 6.03. The van der Waals surface area contributed by atoms with Gasteiger partial charge in [0, 0.05) is 5.69 Å². The molecular weight excluding hydrogens is 370 g/mol. The topological polar surface area (TPSA) is 89.0 Å². The van der Waals surface area contributed by atoms with Gasteiger partial charge in [-0.2, -0.15) is 5.10 Å². The summed E-state index contributed by atoms with van der Waals surface area (Å²) >= 11 is 0. The van der Waals surface area contributed by atoms with Crippen LogP contribution in [0.15, 0.2) is 53.6 Å². The van der Waals surface area contributed by atoms with Gasteiger partial charge in [-0.3, -0.25) is 9.59 Å². The molecule has 0 heterocycles. The van der Waals surface area contributed by atoms with Crippen LogP contribution in [-0.4, -0.2) is 31.2 Å². The lowest BCUT2D eigenvalue weighted by Gasteiger charge is -2.06. The maximum absolute atomic E-state index is 11.9. The van der Waals surface area contributed by atoms with Crippen molar-refractivity contribution in [3.63, 3.8) is 0 Å². The number of nitrogens with one attached hydrogen (secondary N) is 2. The van der Waals surface area contributed by atoms with Gasteiger partial charge in [0.25, 0.3) is 0 Å². The Morgan fingerprint density at radius 1 is 0.931 bits per heavy atom. The van der Waals surface area contributed by atoms with E-state index in [1.807, 2.05) is 31.2 Å². The first-order valence-electron chi connectivity index (χ1n) is 9.68. The number of hydrazone groups is 1. The van der Waals surface area contributed by atoms with E-state index in [0.717, 1.165) is 29.9 Å². The lowest BCUT2D eigenvalue weighted by molar-refractivity contribution is -0.126. The summed E-state index contributed by atoms with van der Waals surface area (Å²) in [6.45, 7) is 5.28. The first kappa shape index (κ1) is 21.9. The van der Waals surface area contributed by atoms with Crippen LogP contribution in [0.1, 0.15) is 38.7 Å². The molecular formula is C22H27N3O4. The van der Waals surface area contributed by atoms with Crippen molar-refractivity contribution in [1.29, 1.82) is 0 Å². The number of carbonyl (C=O) groups is 2. The molecule has 0 aromatic heterocycles. The maximum Gasteiger partial charge on any atom is 0.249 e. The summed E-state index contributed by atoms with van der Waals surface area (Å²) in [5, 5.41) is 6.53. The second-order valence-corrected chi connectivity index (χ2v) is 6.25. The summed E-state index contributed by atoms with van der Waals surface area (Å²) in [6, 6.07) is 14.3. The quantitative estimate of drug-likeness (QED) is 0.262. The molecule has 0 radical (unpaired) electrons. The average Bonchev–Trinajstić information content (AvgIpc) is 2.71. The van der Waals surface area contributed by atoms with Crippen molar-refractivity contribution in [2.45, 2.75) is 33.1 Å². The molecule has 0 bridgehead atoms. The van der Waals surface area contributed by atoms with Crippen LogP contribution in [0.4, 0.5) is 5.69 Å². The molecule has 0 aliphatic heterocycles. The molecule has 0 spiro atoms. The van der Waals surface area contributed by atoms with Crippen LogP contribution in [-0.2, 0) is 9.59 Å². The molecule has 0 saturated heterocycles. The zero-order valence-corrected chi connectivity index (χ0v) is 16.8. The van der Waals surface area contributed by atoms with E-state index in [0.29, 0.717) is 18.9 Å². The molecule has 2 N–H and O–H groups in total. The fraction of sp³-hybridized carbons (Fsp3) is 0.318. The van der Waals surface area contributed by atoms with Crippen molar-refractivity contribution < 1.29 is 19.1 Å². The van der Waals surface area contributed by atoms with Crippen molar-refractivity contribution in [3.05, 3.63) is 54.1 Å². The number of carbonyl (C=O) groups excluding carboxylic acids is 2. The van der Waals surface area contributed by atoms with E-state index < -0.39 is 11.8 Å². The molecule has 2 aromatic rings. The Bertz CT molecular complexity index is 802. The fourth-order valence-electron chi connectivity index (χ4n) is 2.35. The van der Waals surface area contributed by atoms with Crippen LogP contribution in [0.3, 0.4) is 0 Å². The van der Waals surface area contributed by atoms with Gasteiger partial charge in [0.2, 0.25) is 11.8 Å². The first-order valence-corrected chi connectivity index (χ1v) is 9.68. The third kappa shape index (κ3) is 8.47. The smallest absolute Gasteiger partial charge is 0.249 e. The summed E-state index contributed by atoms with van der Waals surface area (Å²) in [6.07, 6.45) is 3.29. The van der Waals surface area contributed by atoms with Crippen molar-refractivity contribution in [2.75, 3.05) is 18.5 Å². The van der Waals surface area contributed by atoms with Crippen molar-refractivity contribution >= 4 is 23.7 Å². The van der Waals surface area contributed by atoms with E-state index >= 15 is 0 Å². The molecule has 154 valence electrons. The number of hydrogen-bond acceptors (Lipinski definition) is 5. The second-order valence-electron chi connectivity index (χ2n) is 6.25. The minimum Gasteiger partial charge on any atom is -0.494 e. The highest BCUT2D eigenvalue weighted by Crippen LogP contribution is 2.15. The lowest BCUT2D eigenvalue weighted by atomic mass is 10.2. The molecule has 2 aromatic carbocycles. The maximum atomic E-state index is 11.9. The van der Waals surface area contributed by atoms with E-state index in [1.54, 1.807) is 24.3 Å². The number of unbranched alkanes of at least 4 members (excludes halogenated alkanes) is 1. The number of anilines is 1. The predicted molar refractivity (Wildman–Crippen MR) is 113 cm³/mol. The highest BCUT2D eigenvalue weighted by Gasteiger charge is 2.09. The molecule has 2 amide bonds. The Balaban J connectivity index is 1.73.